The minimum atomic E-state index is -0.704. The molecule has 1 amide bonds. The number of likely N-dealkylation sites (N-methyl/N-ethyl adjacent to an activating group) is 1. The van der Waals surface area contributed by atoms with Crippen molar-refractivity contribution < 1.29 is 14.6 Å². The van der Waals surface area contributed by atoms with Crippen LogP contribution in [-0.4, -0.2) is 59.8 Å². The van der Waals surface area contributed by atoms with Crippen LogP contribution in [0.5, 0.6) is 5.75 Å². The van der Waals surface area contributed by atoms with E-state index in [1.807, 2.05) is 60.7 Å². The molecule has 6 heteroatoms. The lowest BCUT2D eigenvalue weighted by atomic mass is 9.91. The van der Waals surface area contributed by atoms with Crippen molar-refractivity contribution in [3.05, 3.63) is 72.4 Å². The van der Waals surface area contributed by atoms with Gasteiger partial charge in [-0.1, -0.05) is 36.4 Å². The molecule has 1 fully saturated rings. The first-order valence-electron chi connectivity index (χ1n) is 10.3. The molecule has 2 aromatic carbocycles. The fourth-order valence-corrected chi connectivity index (χ4v) is 4.07. The molecule has 0 aliphatic carbocycles. The second-order valence-corrected chi connectivity index (χ2v) is 7.73. The van der Waals surface area contributed by atoms with Crippen LogP contribution in [-0.2, 0) is 4.79 Å². The van der Waals surface area contributed by atoms with E-state index in [9.17, 15) is 9.90 Å². The first-order valence-corrected chi connectivity index (χ1v) is 10.3. The van der Waals surface area contributed by atoms with Gasteiger partial charge in [-0.05, 0) is 36.2 Å². The van der Waals surface area contributed by atoms with E-state index in [4.69, 9.17) is 4.74 Å². The first kappa shape index (κ1) is 20.3. The number of rotatable bonds is 7. The zero-order valence-corrected chi connectivity index (χ0v) is 17.1. The Labute approximate surface area is 176 Å². The quantitative estimate of drug-likeness (QED) is 0.632. The summed E-state index contributed by atoms with van der Waals surface area (Å²) in [6.45, 7) is 2.06. The summed E-state index contributed by atoms with van der Waals surface area (Å²) in [4.78, 5) is 19.5. The number of ether oxygens (including phenoxy) is 1. The van der Waals surface area contributed by atoms with E-state index in [0.29, 0.717) is 18.8 Å². The second kappa shape index (κ2) is 9.24. The SMILES string of the molecule is CNC(=O)C(Oc1ccc2ncccc2c1)[C@H](CN1CC[C@H](O)C1)c1ccccc1. The predicted molar refractivity (Wildman–Crippen MR) is 116 cm³/mol. The number of hydrogen-bond acceptors (Lipinski definition) is 5. The Kier molecular flexibility index (Phi) is 6.26. The monoisotopic (exact) mass is 405 g/mol. The summed E-state index contributed by atoms with van der Waals surface area (Å²) >= 11 is 0. The molecule has 30 heavy (non-hydrogen) atoms. The van der Waals surface area contributed by atoms with Gasteiger partial charge in [-0.15, -0.1) is 0 Å². The normalized spacial score (nSPS) is 18.8. The number of fused-ring (bicyclic) bond motifs is 1. The van der Waals surface area contributed by atoms with Crippen LogP contribution >= 0.6 is 0 Å². The molecule has 0 bridgehead atoms. The molecule has 1 unspecified atom stereocenters. The van der Waals surface area contributed by atoms with Gasteiger partial charge in [0.05, 0.1) is 11.6 Å². The lowest BCUT2D eigenvalue weighted by Crippen LogP contribution is -2.44. The Morgan fingerprint density at radius 1 is 1.23 bits per heavy atom. The number of β-amino-alcohol motifs (C(OH)–C–C–N with tert-alkyl or cyclic N) is 1. The van der Waals surface area contributed by atoms with Crippen LogP contribution in [0.25, 0.3) is 10.9 Å². The fraction of sp³-hybridized carbons (Fsp3) is 0.333. The van der Waals surface area contributed by atoms with Crippen molar-refractivity contribution in [1.29, 1.82) is 0 Å². The van der Waals surface area contributed by atoms with Crippen molar-refractivity contribution in [1.82, 2.24) is 15.2 Å². The lowest BCUT2D eigenvalue weighted by molar-refractivity contribution is -0.128. The number of benzene rings is 2. The molecule has 1 aliphatic rings. The summed E-state index contributed by atoms with van der Waals surface area (Å²) in [6, 6.07) is 19.5. The molecular weight excluding hydrogens is 378 g/mol. The highest BCUT2D eigenvalue weighted by molar-refractivity contribution is 5.83. The van der Waals surface area contributed by atoms with E-state index in [-0.39, 0.29) is 17.9 Å². The first-order chi connectivity index (χ1) is 14.6. The third-order valence-electron chi connectivity index (χ3n) is 5.64. The lowest BCUT2D eigenvalue weighted by Gasteiger charge is -2.30. The van der Waals surface area contributed by atoms with Crippen molar-refractivity contribution in [3.63, 3.8) is 0 Å². The highest BCUT2D eigenvalue weighted by Crippen LogP contribution is 2.28. The van der Waals surface area contributed by atoms with Crippen LogP contribution < -0.4 is 10.1 Å². The average Bonchev–Trinajstić information content (AvgIpc) is 3.20. The molecule has 3 aromatic rings. The number of pyridine rings is 1. The van der Waals surface area contributed by atoms with Crippen LogP contribution in [0.1, 0.15) is 17.9 Å². The molecule has 1 aliphatic heterocycles. The van der Waals surface area contributed by atoms with Gasteiger partial charge in [0.15, 0.2) is 6.10 Å². The summed E-state index contributed by atoms with van der Waals surface area (Å²) in [5.74, 6) is 0.280. The van der Waals surface area contributed by atoms with Crippen LogP contribution in [0, 0.1) is 0 Å². The van der Waals surface area contributed by atoms with E-state index in [1.54, 1.807) is 13.2 Å². The maximum atomic E-state index is 12.9. The number of hydrogen-bond donors (Lipinski definition) is 2. The minimum absolute atomic E-state index is 0.171. The number of aliphatic hydroxyl groups is 1. The van der Waals surface area contributed by atoms with Gasteiger partial charge in [0.1, 0.15) is 5.75 Å². The third kappa shape index (κ3) is 4.61. The average molecular weight is 405 g/mol. The van der Waals surface area contributed by atoms with Gasteiger partial charge in [0.2, 0.25) is 0 Å². The van der Waals surface area contributed by atoms with E-state index >= 15 is 0 Å². The van der Waals surface area contributed by atoms with Crippen molar-refractivity contribution >= 4 is 16.8 Å². The van der Waals surface area contributed by atoms with Crippen LogP contribution in [0.15, 0.2) is 66.9 Å². The number of carbonyl (C=O) groups is 1. The van der Waals surface area contributed by atoms with Gasteiger partial charge >= 0.3 is 0 Å². The minimum Gasteiger partial charge on any atom is -0.480 e. The maximum Gasteiger partial charge on any atom is 0.261 e. The molecule has 0 spiro atoms. The second-order valence-electron chi connectivity index (χ2n) is 7.73. The molecule has 1 aromatic heterocycles. The van der Waals surface area contributed by atoms with Crippen molar-refractivity contribution in [3.8, 4) is 5.75 Å². The Morgan fingerprint density at radius 2 is 2.07 bits per heavy atom. The largest absolute Gasteiger partial charge is 0.480 e. The molecule has 156 valence electrons. The van der Waals surface area contributed by atoms with E-state index in [0.717, 1.165) is 29.4 Å². The standard InChI is InChI=1S/C24H27N3O3/c1-25-24(29)23(30-20-9-10-22-18(14-20)8-5-12-26-22)21(17-6-3-2-4-7-17)16-27-13-11-19(28)15-27/h2-10,12,14,19,21,23,28H,11,13,15-16H2,1H3,(H,25,29)/t19-,21+,23?/m0/s1. The van der Waals surface area contributed by atoms with Crippen molar-refractivity contribution in [2.75, 3.05) is 26.7 Å². The maximum absolute atomic E-state index is 12.9. The number of aromatic nitrogens is 1. The number of amides is 1. The topological polar surface area (TPSA) is 74.7 Å². The molecule has 0 radical (unpaired) electrons. The van der Waals surface area contributed by atoms with Crippen LogP contribution in [0.2, 0.25) is 0 Å². The number of nitrogens with one attached hydrogen (secondary N) is 1. The smallest absolute Gasteiger partial charge is 0.261 e. The molecule has 2 N–H and O–H groups in total. The molecule has 0 saturated carbocycles. The Morgan fingerprint density at radius 3 is 2.80 bits per heavy atom. The molecule has 3 atom stereocenters. The van der Waals surface area contributed by atoms with Crippen LogP contribution in [0.4, 0.5) is 0 Å². The number of likely N-dealkylation sites (tertiary alicyclic amines) is 1. The number of aliphatic hydroxyl groups excluding tert-OH is 1. The highest BCUT2D eigenvalue weighted by Gasteiger charge is 2.34. The third-order valence-corrected chi connectivity index (χ3v) is 5.64. The summed E-state index contributed by atoms with van der Waals surface area (Å²) in [6.07, 6.45) is 1.49. The van der Waals surface area contributed by atoms with E-state index in [2.05, 4.69) is 15.2 Å². The summed E-state index contributed by atoms with van der Waals surface area (Å²) in [7, 11) is 1.63. The van der Waals surface area contributed by atoms with Gasteiger partial charge in [-0.2, -0.15) is 0 Å². The van der Waals surface area contributed by atoms with Gasteiger partial charge in [0.25, 0.3) is 5.91 Å². The van der Waals surface area contributed by atoms with E-state index in [1.165, 1.54) is 0 Å². The van der Waals surface area contributed by atoms with Crippen LogP contribution in [0.3, 0.4) is 0 Å². The summed E-state index contributed by atoms with van der Waals surface area (Å²) in [5.41, 5.74) is 1.92. The number of carbonyl (C=O) groups excluding carboxylic acids is 1. The molecule has 1 saturated heterocycles. The molecular formula is C24H27N3O3. The molecule has 2 heterocycles. The zero-order valence-electron chi connectivity index (χ0n) is 17.1. The highest BCUT2D eigenvalue weighted by atomic mass is 16.5. The van der Waals surface area contributed by atoms with Crippen molar-refractivity contribution in [2.45, 2.75) is 24.5 Å². The van der Waals surface area contributed by atoms with Gasteiger partial charge in [-0.25, -0.2) is 0 Å². The Balaban J connectivity index is 1.65. The Bertz CT molecular complexity index is 995. The van der Waals surface area contributed by atoms with E-state index < -0.39 is 6.10 Å². The fourth-order valence-electron chi connectivity index (χ4n) is 4.07. The van der Waals surface area contributed by atoms with Crippen molar-refractivity contribution in [2.24, 2.45) is 0 Å². The number of nitrogens with zero attached hydrogens (tertiary/aromatic N) is 2. The van der Waals surface area contributed by atoms with Gasteiger partial charge < -0.3 is 15.2 Å². The van der Waals surface area contributed by atoms with Gasteiger partial charge in [-0.3, -0.25) is 14.7 Å². The predicted octanol–water partition coefficient (Wildman–Crippen LogP) is 2.58. The summed E-state index contributed by atoms with van der Waals surface area (Å²) < 4.78 is 6.30. The van der Waals surface area contributed by atoms with Gasteiger partial charge in [0, 0.05) is 44.2 Å². The molecule has 4 rings (SSSR count). The molecule has 6 nitrogen and oxygen atoms in total. The zero-order chi connectivity index (χ0) is 20.9. The Hall–Kier alpha value is -2.96. The summed E-state index contributed by atoms with van der Waals surface area (Å²) in [5, 5.41) is 13.7.